The highest BCUT2D eigenvalue weighted by Crippen LogP contribution is 2.36. The van der Waals surface area contributed by atoms with Crippen molar-refractivity contribution in [2.24, 2.45) is 5.73 Å². The van der Waals surface area contributed by atoms with Gasteiger partial charge in [-0.3, -0.25) is 9.36 Å². The van der Waals surface area contributed by atoms with E-state index in [-0.39, 0.29) is 17.0 Å². The molecule has 2 N–H and O–H groups in total. The third-order valence-electron chi connectivity index (χ3n) is 5.84. The number of hydrogen-bond acceptors (Lipinski definition) is 7. The largest absolute Gasteiger partial charge is 0.384 e. The summed E-state index contributed by atoms with van der Waals surface area (Å²) in [5, 5.41) is 20.0. The van der Waals surface area contributed by atoms with E-state index in [4.69, 9.17) is 5.73 Å². The first-order valence-corrected chi connectivity index (χ1v) is 11.4. The Morgan fingerprint density at radius 2 is 1.44 bits per heavy atom. The summed E-state index contributed by atoms with van der Waals surface area (Å²) in [6.07, 6.45) is 1.78. The predicted octanol–water partition coefficient (Wildman–Crippen LogP) is 1.99. The molecule has 0 fully saturated rings. The van der Waals surface area contributed by atoms with Crippen molar-refractivity contribution in [1.29, 1.82) is 10.5 Å². The highest BCUT2D eigenvalue weighted by atomic mass is 32.1. The second-order valence-corrected chi connectivity index (χ2v) is 9.43. The minimum absolute atomic E-state index is 0.0713. The molecule has 3 aromatic rings. The van der Waals surface area contributed by atoms with Crippen LogP contribution in [-0.2, 0) is 0 Å². The lowest BCUT2D eigenvalue weighted by molar-refractivity contribution is 0.906. The van der Waals surface area contributed by atoms with Crippen LogP contribution in [0, 0.1) is 22.7 Å². The van der Waals surface area contributed by atoms with Gasteiger partial charge in [-0.25, -0.2) is 0 Å². The lowest BCUT2D eigenvalue weighted by Gasteiger charge is -2.23. The van der Waals surface area contributed by atoms with Gasteiger partial charge in [0.1, 0.15) is 10.5 Å². The fourth-order valence-corrected chi connectivity index (χ4v) is 5.10. The number of benzene rings is 2. The Morgan fingerprint density at radius 1 is 0.912 bits per heavy atom. The molecule has 0 saturated heterocycles. The van der Waals surface area contributed by atoms with Crippen LogP contribution in [0.4, 0.5) is 11.4 Å². The zero-order valence-electron chi connectivity index (χ0n) is 19.4. The van der Waals surface area contributed by atoms with Gasteiger partial charge >= 0.3 is 0 Å². The highest BCUT2D eigenvalue weighted by Gasteiger charge is 2.32. The summed E-state index contributed by atoms with van der Waals surface area (Å²) in [6, 6.07) is 19.9. The van der Waals surface area contributed by atoms with Crippen molar-refractivity contribution in [3.63, 3.8) is 0 Å². The SMILES string of the molecule is CN(C)c1ccc(/C=c2/sc3n(c2=O)C(N)=C(C#N)C(c2ccc(N(C)C)cc2)C=3C#N)cc1. The van der Waals surface area contributed by atoms with Gasteiger partial charge in [-0.1, -0.05) is 24.3 Å². The van der Waals surface area contributed by atoms with Crippen molar-refractivity contribution in [2.75, 3.05) is 38.0 Å². The van der Waals surface area contributed by atoms with Crippen LogP contribution in [0.15, 0.2) is 58.9 Å². The maximum absolute atomic E-state index is 13.3. The van der Waals surface area contributed by atoms with Crippen LogP contribution in [-0.4, -0.2) is 32.8 Å². The Morgan fingerprint density at radius 3 is 1.94 bits per heavy atom. The van der Waals surface area contributed by atoms with Crippen molar-refractivity contribution in [3.8, 4) is 12.1 Å². The van der Waals surface area contributed by atoms with Gasteiger partial charge < -0.3 is 15.5 Å². The fraction of sp³-hybridized carbons (Fsp3) is 0.192. The van der Waals surface area contributed by atoms with E-state index in [1.165, 1.54) is 15.9 Å². The minimum atomic E-state index is -0.628. The van der Waals surface area contributed by atoms with Crippen LogP contribution in [0.3, 0.4) is 0 Å². The number of nitriles is 2. The molecule has 1 aliphatic heterocycles. The highest BCUT2D eigenvalue weighted by molar-refractivity contribution is 7.07. The standard InChI is InChI=1S/C26H24N6OS/c1-30(2)18-9-5-16(6-10-18)13-22-25(33)32-24(29)20(14-27)23(21(15-28)26(32)34-22)17-7-11-19(12-8-17)31(3)4/h5-13,23H,29H2,1-4H3/b22-13+. The van der Waals surface area contributed by atoms with E-state index < -0.39 is 5.92 Å². The third-order valence-corrected chi connectivity index (χ3v) is 6.95. The Balaban J connectivity index is 1.94. The number of hydrogen-bond donors (Lipinski definition) is 1. The van der Waals surface area contributed by atoms with Gasteiger partial charge in [-0.15, -0.1) is 11.3 Å². The average Bonchev–Trinajstić information content (AvgIpc) is 3.15. The molecule has 0 saturated carbocycles. The van der Waals surface area contributed by atoms with Gasteiger partial charge in [0.25, 0.3) is 5.56 Å². The maximum atomic E-state index is 13.3. The fourth-order valence-electron chi connectivity index (χ4n) is 3.97. The van der Waals surface area contributed by atoms with E-state index in [1.807, 2.05) is 86.5 Å². The first-order valence-electron chi connectivity index (χ1n) is 10.6. The van der Waals surface area contributed by atoms with Crippen molar-refractivity contribution in [2.45, 2.75) is 5.92 Å². The van der Waals surface area contributed by atoms with Gasteiger partial charge in [-0.05, 0) is 41.5 Å². The van der Waals surface area contributed by atoms with Crippen molar-refractivity contribution in [1.82, 2.24) is 4.57 Å². The molecule has 0 aliphatic carbocycles. The van der Waals surface area contributed by atoms with Gasteiger partial charge in [0.15, 0.2) is 0 Å². The molecule has 1 aromatic heterocycles. The van der Waals surface area contributed by atoms with E-state index in [0.717, 1.165) is 22.5 Å². The smallest absolute Gasteiger partial charge is 0.274 e. The molecule has 34 heavy (non-hydrogen) atoms. The second kappa shape index (κ2) is 8.93. The monoisotopic (exact) mass is 468 g/mol. The quantitative estimate of drug-likeness (QED) is 0.628. The normalized spacial score (nSPS) is 15.5. The molecule has 2 aromatic carbocycles. The molecule has 1 aliphatic rings. The summed E-state index contributed by atoms with van der Waals surface area (Å²) in [7, 11) is 7.81. The first-order chi connectivity index (χ1) is 16.3. The third kappa shape index (κ3) is 3.85. The number of nitrogens with two attached hydrogens (primary N) is 1. The lowest BCUT2D eigenvalue weighted by Crippen LogP contribution is -2.38. The molecule has 0 amide bonds. The van der Waals surface area contributed by atoms with Crippen molar-refractivity contribution >= 4 is 40.2 Å². The summed E-state index contributed by atoms with van der Waals surface area (Å²) in [5.74, 6) is -0.557. The van der Waals surface area contributed by atoms with E-state index in [9.17, 15) is 15.3 Å². The number of aromatic nitrogens is 1. The van der Waals surface area contributed by atoms with Gasteiger partial charge in [0.2, 0.25) is 0 Å². The number of rotatable bonds is 4. The zero-order chi connectivity index (χ0) is 24.6. The maximum Gasteiger partial charge on any atom is 0.274 e. The lowest BCUT2D eigenvalue weighted by atomic mass is 9.84. The van der Waals surface area contributed by atoms with E-state index >= 15 is 0 Å². The summed E-state index contributed by atoms with van der Waals surface area (Å²) < 4.78 is 2.21. The molecule has 170 valence electrons. The predicted molar refractivity (Wildman–Crippen MR) is 138 cm³/mol. The molecule has 1 atom stereocenters. The molecule has 1 unspecified atom stereocenters. The summed E-state index contributed by atoms with van der Waals surface area (Å²) in [6.45, 7) is 0. The molecule has 7 nitrogen and oxygen atoms in total. The van der Waals surface area contributed by atoms with Gasteiger partial charge in [-0.2, -0.15) is 10.5 Å². The van der Waals surface area contributed by atoms with Gasteiger partial charge in [0, 0.05) is 39.6 Å². The number of fused-ring (bicyclic) bond motifs is 1. The first kappa shape index (κ1) is 22.9. The van der Waals surface area contributed by atoms with Crippen LogP contribution in [0.1, 0.15) is 17.0 Å². The molecule has 0 radical (unpaired) electrons. The summed E-state index contributed by atoms with van der Waals surface area (Å²) in [5.41, 5.74) is 10.2. The topological polar surface area (TPSA) is 102 Å². The summed E-state index contributed by atoms with van der Waals surface area (Å²) in [4.78, 5) is 17.2. The van der Waals surface area contributed by atoms with Crippen molar-refractivity contribution < 1.29 is 0 Å². The number of nitrogens with zero attached hydrogens (tertiary/aromatic N) is 5. The van der Waals surface area contributed by atoms with Crippen molar-refractivity contribution in [3.05, 3.63) is 84.8 Å². The van der Waals surface area contributed by atoms with Crippen LogP contribution in [0.25, 0.3) is 17.5 Å². The number of thiazole rings is 1. The zero-order valence-corrected chi connectivity index (χ0v) is 20.2. The summed E-state index contributed by atoms with van der Waals surface area (Å²) >= 11 is 1.22. The van der Waals surface area contributed by atoms with E-state index in [2.05, 4.69) is 12.1 Å². The molecule has 0 spiro atoms. The Kier molecular flexibility index (Phi) is 6.02. The molecule has 0 bridgehead atoms. The van der Waals surface area contributed by atoms with Crippen LogP contribution < -0.4 is 30.3 Å². The molecular weight excluding hydrogens is 444 g/mol. The molecule has 8 heteroatoms. The average molecular weight is 469 g/mol. The van der Waals surface area contributed by atoms with Crippen LogP contribution in [0.5, 0.6) is 0 Å². The molecule has 2 heterocycles. The van der Waals surface area contributed by atoms with Crippen LogP contribution in [0.2, 0.25) is 0 Å². The van der Waals surface area contributed by atoms with E-state index in [0.29, 0.717) is 14.8 Å². The Labute approximate surface area is 201 Å². The van der Waals surface area contributed by atoms with Gasteiger partial charge in [0.05, 0.1) is 33.7 Å². The minimum Gasteiger partial charge on any atom is -0.384 e. The molecular formula is C26H24N6OS. The van der Waals surface area contributed by atoms with Crippen LogP contribution >= 0.6 is 11.3 Å². The Hall–Kier alpha value is -4.27. The number of anilines is 2. The molecule has 4 rings (SSSR count). The number of allylic oxidation sites excluding steroid dienone is 1. The van der Waals surface area contributed by atoms with E-state index in [1.54, 1.807) is 6.08 Å². The Bertz CT molecular complexity index is 1540. The second-order valence-electron chi connectivity index (χ2n) is 8.40.